The number of aliphatic hydroxyl groups excluding tert-OH is 1. The van der Waals surface area contributed by atoms with Crippen LogP contribution in [0, 0.1) is 5.82 Å². The van der Waals surface area contributed by atoms with E-state index in [9.17, 15) is 9.50 Å². The Labute approximate surface area is 117 Å². The van der Waals surface area contributed by atoms with Crippen LogP contribution < -0.4 is 0 Å². The highest BCUT2D eigenvalue weighted by atomic mass is 35.5. The van der Waals surface area contributed by atoms with Gasteiger partial charge in [0.15, 0.2) is 0 Å². The maximum atomic E-state index is 13.6. The first-order valence-electron chi connectivity index (χ1n) is 6.41. The summed E-state index contributed by atoms with van der Waals surface area (Å²) < 4.78 is 13.6. The summed E-state index contributed by atoms with van der Waals surface area (Å²) in [6, 6.07) is 4.45. The Hall–Kier alpha value is -0.250. The molecule has 1 saturated carbocycles. The minimum absolute atomic E-state index is 0.350. The first-order chi connectivity index (χ1) is 8.66. The van der Waals surface area contributed by atoms with Gasteiger partial charge in [0.25, 0.3) is 0 Å². The van der Waals surface area contributed by atoms with Crippen molar-refractivity contribution in [1.82, 2.24) is 0 Å². The second-order valence-corrected chi connectivity index (χ2v) is 6.54. The molecule has 0 heterocycles. The summed E-state index contributed by atoms with van der Waals surface area (Å²) in [6.45, 7) is 0. The molecule has 0 bridgehead atoms. The lowest BCUT2D eigenvalue weighted by Gasteiger charge is -2.22. The topological polar surface area (TPSA) is 20.2 Å². The zero-order valence-electron chi connectivity index (χ0n) is 10.2. The smallest absolute Gasteiger partial charge is 0.130 e. The number of hydrogen-bond donors (Lipinski definition) is 1. The molecule has 18 heavy (non-hydrogen) atoms. The van der Waals surface area contributed by atoms with Gasteiger partial charge < -0.3 is 5.11 Å². The molecule has 1 atom stereocenters. The minimum atomic E-state index is -0.741. The Morgan fingerprint density at radius 1 is 1.33 bits per heavy atom. The van der Waals surface area contributed by atoms with Gasteiger partial charge in [0, 0.05) is 21.6 Å². The van der Waals surface area contributed by atoms with Crippen molar-refractivity contribution in [1.29, 1.82) is 0 Å². The average Bonchev–Trinajstić information content (AvgIpc) is 2.37. The predicted octanol–water partition coefficient (Wildman–Crippen LogP) is 4.58. The van der Waals surface area contributed by atoms with Gasteiger partial charge in [0.2, 0.25) is 0 Å². The van der Waals surface area contributed by atoms with Gasteiger partial charge in [-0.3, -0.25) is 0 Å². The first kappa shape index (κ1) is 14.2. The van der Waals surface area contributed by atoms with Crippen LogP contribution in [0.1, 0.15) is 43.8 Å². The fourth-order valence-electron chi connectivity index (χ4n) is 2.32. The van der Waals surface area contributed by atoms with Crippen LogP contribution in [0.4, 0.5) is 4.39 Å². The normalized spacial score (nSPS) is 18.8. The van der Waals surface area contributed by atoms with E-state index in [2.05, 4.69) is 0 Å². The Bertz CT molecular complexity index is 393. The van der Waals surface area contributed by atoms with E-state index in [1.165, 1.54) is 38.2 Å². The SMILES string of the molecule is OC(CSC1CCCCC1)c1ccc(Cl)cc1F. The van der Waals surface area contributed by atoms with Gasteiger partial charge in [-0.1, -0.05) is 36.9 Å². The summed E-state index contributed by atoms with van der Waals surface area (Å²) in [6.07, 6.45) is 5.59. The highest BCUT2D eigenvalue weighted by Crippen LogP contribution is 2.31. The van der Waals surface area contributed by atoms with Gasteiger partial charge in [-0.15, -0.1) is 0 Å². The van der Waals surface area contributed by atoms with Gasteiger partial charge in [-0.25, -0.2) is 4.39 Å². The van der Waals surface area contributed by atoms with Gasteiger partial charge in [-0.05, 0) is 25.0 Å². The molecule has 2 rings (SSSR count). The van der Waals surface area contributed by atoms with E-state index < -0.39 is 11.9 Å². The largest absolute Gasteiger partial charge is 0.387 e. The van der Waals surface area contributed by atoms with Gasteiger partial charge in [0.05, 0.1) is 6.10 Å². The van der Waals surface area contributed by atoms with Crippen molar-refractivity contribution in [3.63, 3.8) is 0 Å². The quantitative estimate of drug-likeness (QED) is 0.875. The number of thioether (sulfide) groups is 1. The van der Waals surface area contributed by atoms with E-state index in [0.717, 1.165) is 0 Å². The van der Waals surface area contributed by atoms with Crippen LogP contribution in [-0.2, 0) is 0 Å². The Kier molecular flexibility index (Phi) is 5.34. The standard InChI is InChI=1S/C14H18ClFOS/c15-10-6-7-12(13(16)8-10)14(17)9-18-11-4-2-1-3-5-11/h6-8,11,14,17H,1-5,9H2. The van der Waals surface area contributed by atoms with E-state index in [0.29, 0.717) is 21.6 Å². The second kappa shape index (κ2) is 6.78. The minimum Gasteiger partial charge on any atom is -0.387 e. The lowest BCUT2D eigenvalue weighted by molar-refractivity contribution is 0.198. The molecule has 1 N–H and O–H groups in total. The summed E-state index contributed by atoms with van der Waals surface area (Å²) in [4.78, 5) is 0. The molecule has 100 valence electrons. The molecule has 0 spiro atoms. The van der Waals surface area contributed by atoms with Gasteiger partial charge >= 0.3 is 0 Å². The average molecular weight is 289 g/mol. The van der Waals surface area contributed by atoms with Gasteiger partial charge in [-0.2, -0.15) is 11.8 Å². The third-order valence-electron chi connectivity index (χ3n) is 3.36. The summed E-state index contributed by atoms with van der Waals surface area (Å²) in [5.41, 5.74) is 0.350. The van der Waals surface area contributed by atoms with Crippen LogP contribution >= 0.6 is 23.4 Å². The molecule has 0 radical (unpaired) electrons. The number of hydrogen-bond acceptors (Lipinski definition) is 2. The monoisotopic (exact) mass is 288 g/mol. The number of benzene rings is 1. The van der Waals surface area contributed by atoms with Crippen molar-refractivity contribution in [2.45, 2.75) is 43.5 Å². The number of aliphatic hydroxyl groups is 1. The molecular formula is C14H18ClFOS. The van der Waals surface area contributed by atoms with Crippen LogP contribution in [0.5, 0.6) is 0 Å². The van der Waals surface area contributed by atoms with E-state index in [1.807, 2.05) is 0 Å². The fourth-order valence-corrected chi connectivity index (χ4v) is 3.78. The van der Waals surface area contributed by atoms with E-state index in [4.69, 9.17) is 11.6 Å². The first-order valence-corrected chi connectivity index (χ1v) is 7.84. The molecular weight excluding hydrogens is 271 g/mol. The molecule has 0 amide bonds. The van der Waals surface area contributed by atoms with Gasteiger partial charge in [0.1, 0.15) is 5.82 Å². The van der Waals surface area contributed by atoms with Crippen molar-refractivity contribution >= 4 is 23.4 Å². The molecule has 0 aromatic heterocycles. The Morgan fingerprint density at radius 2 is 2.06 bits per heavy atom. The van der Waals surface area contributed by atoms with Crippen LogP contribution in [0.2, 0.25) is 5.02 Å². The molecule has 1 aliphatic rings. The molecule has 1 aromatic carbocycles. The Balaban J connectivity index is 1.88. The zero-order valence-corrected chi connectivity index (χ0v) is 11.8. The van der Waals surface area contributed by atoms with Crippen molar-refractivity contribution in [3.05, 3.63) is 34.6 Å². The molecule has 1 unspecified atom stereocenters. The van der Waals surface area contributed by atoms with E-state index >= 15 is 0 Å². The highest BCUT2D eigenvalue weighted by Gasteiger charge is 2.18. The predicted molar refractivity (Wildman–Crippen MR) is 75.7 cm³/mol. The maximum absolute atomic E-state index is 13.6. The van der Waals surface area contributed by atoms with E-state index in [-0.39, 0.29) is 0 Å². The van der Waals surface area contributed by atoms with Crippen LogP contribution in [0.25, 0.3) is 0 Å². The lowest BCUT2D eigenvalue weighted by atomic mass is 10.0. The van der Waals surface area contributed by atoms with Crippen molar-refractivity contribution in [2.24, 2.45) is 0 Å². The molecule has 1 aliphatic carbocycles. The van der Waals surface area contributed by atoms with Crippen molar-refractivity contribution in [2.75, 3.05) is 5.75 Å². The molecule has 0 aliphatic heterocycles. The number of rotatable bonds is 4. The highest BCUT2D eigenvalue weighted by molar-refractivity contribution is 7.99. The van der Waals surface area contributed by atoms with Crippen molar-refractivity contribution in [3.8, 4) is 0 Å². The molecule has 1 fully saturated rings. The molecule has 4 heteroatoms. The third-order valence-corrected chi connectivity index (χ3v) is 5.05. The van der Waals surface area contributed by atoms with Crippen LogP contribution in [0.15, 0.2) is 18.2 Å². The summed E-state index contributed by atoms with van der Waals surface area (Å²) in [7, 11) is 0. The molecule has 0 saturated heterocycles. The zero-order chi connectivity index (χ0) is 13.0. The summed E-state index contributed by atoms with van der Waals surface area (Å²) in [5, 5.41) is 11.0. The summed E-state index contributed by atoms with van der Waals surface area (Å²) >= 11 is 7.46. The second-order valence-electron chi connectivity index (χ2n) is 4.77. The Morgan fingerprint density at radius 3 is 2.72 bits per heavy atom. The van der Waals surface area contributed by atoms with Crippen molar-refractivity contribution < 1.29 is 9.50 Å². The fraction of sp³-hybridized carbons (Fsp3) is 0.571. The maximum Gasteiger partial charge on any atom is 0.130 e. The molecule has 1 nitrogen and oxygen atoms in total. The lowest BCUT2D eigenvalue weighted by Crippen LogP contribution is -2.12. The van der Waals surface area contributed by atoms with E-state index in [1.54, 1.807) is 23.9 Å². The number of halogens is 2. The summed E-state index contributed by atoms with van der Waals surface area (Å²) in [5.74, 6) is 0.141. The van der Waals surface area contributed by atoms with Crippen LogP contribution in [-0.4, -0.2) is 16.1 Å². The third kappa shape index (κ3) is 3.87. The van der Waals surface area contributed by atoms with Crippen LogP contribution in [0.3, 0.4) is 0 Å². The molecule has 1 aromatic rings.